The van der Waals surface area contributed by atoms with Crippen LogP contribution in [0.25, 0.3) is 11.1 Å². The highest BCUT2D eigenvalue weighted by atomic mass is 16.5. The molecule has 2 aliphatic rings. The summed E-state index contributed by atoms with van der Waals surface area (Å²) in [5.74, 6) is 0.570. The Bertz CT molecular complexity index is 1100. The highest BCUT2D eigenvalue weighted by Gasteiger charge is 2.45. The Hall–Kier alpha value is -3.52. The first-order chi connectivity index (χ1) is 14.5. The molecule has 2 aromatic heterocycles. The Morgan fingerprint density at radius 1 is 1.37 bits per heavy atom. The third kappa shape index (κ3) is 3.35. The first-order valence-electron chi connectivity index (χ1n) is 10.1. The summed E-state index contributed by atoms with van der Waals surface area (Å²) in [5, 5.41) is 22.6. The van der Waals surface area contributed by atoms with Crippen LogP contribution in [0.1, 0.15) is 43.7 Å². The molecule has 1 saturated carbocycles. The molecular weight excluding hydrogens is 378 g/mol. The van der Waals surface area contributed by atoms with Gasteiger partial charge < -0.3 is 15.4 Å². The lowest BCUT2D eigenvalue weighted by molar-refractivity contribution is 0.0357. The summed E-state index contributed by atoms with van der Waals surface area (Å²) in [6, 6.07) is 4.30. The fourth-order valence-corrected chi connectivity index (χ4v) is 4.76. The predicted octanol–water partition coefficient (Wildman–Crippen LogP) is 2.70. The van der Waals surface area contributed by atoms with E-state index in [1.807, 2.05) is 24.1 Å². The van der Waals surface area contributed by atoms with Gasteiger partial charge in [0.1, 0.15) is 22.9 Å². The average Bonchev–Trinajstić information content (AvgIpc) is 3.16. The Kier molecular flexibility index (Phi) is 5.09. The molecule has 0 bridgehead atoms. The molecule has 30 heavy (non-hydrogen) atoms. The number of aliphatic imine (C=N–C) groups is 1. The summed E-state index contributed by atoms with van der Waals surface area (Å²) in [6.45, 7) is 3.69. The van der Waals surface area contributed by atoms with Gasteiger partial charge in [0.25, 0.3) is 0 Å². The summed E-state index contributed by atoms with van der Waals surface area (Å²) >= 11 is 0. The van der Waals surface area contributed by atoms with Crippen LogP contribution in [0.5, 0.6) is 5.75 Å². The van der Waals surface area contributed by atoms with Crippen molar-refractivity contribution in [2.24, 2.45) is 16.1 Å². The van der Waals surface area contributed by atoms with E-state index in [1.54, 1.807) is 17.8 Å². The molecule has 2 fully saturated rings. The van der Waals surface area contributed by atoms with Crippen molar-refractivity contribution < 1.29 is 4.74 Å². The van der Waals surface area contributed by atoms with Crippen molar-refractivity contribution in [1.82, 2.24) is 14.5 Å². The van der Waals surface area contributed by atoms with E-state index in [2.05, 4.69) is 17.4 Å². The van der Waals surface area contributed by atoms with E-state index in [0.29, 0.717) is 22.2 Å². The van der Waals surface area contributed by atoms with Crippen LogP contribution in [-0.4, -0.2) is 46.5 Å². The number of likely N-dealkylation sites (tertiary alicyclic amines) is 1. The Morgan fingerprint density at radius 2 is 2.10 bits per heavy atom. The van der Waals surface area contributed by atoms with E-state index in [4.69, 9.17) is 20.7 Å². The fourth-order valence-electron chi connectivity index (χ4n) is 4.76. The fraction of sp³-hybridized carbons (Fsp3) is 0.455. The standard InChI is InChI=1S/C22H25N7O/c1-15(27-18-8-22(9-18)3-5-28(14-25)6-4-22)19(11-24)16-7-20(30-2)21-17(10-23)12-26-29(21)13-16/h7,11-13,18H,3-6,8-9,24H2,1-2H3/b19-11+,27-15?. The molecule has 0 radical (unpaired) electrons. The highest BCUT2D eigenvalue weighted by molar-refractivity contribution is 6.22. The smallest absolute Gasteiger partial charge is 0.179 e. The van der Waals surface area contributed by atoms with Crippen LogP contribution in [-0.2, 0) is 0 Å². The summed E-state index contributed by atoms with van der Waals surface area (Å²) in [4.78, 5) is 6.79. The van der Waals surface area contributed by atoms with Gasteiger partial charge >= 0.3 is 0 Å². The molecule has 0 amide bonds. The van der Waals surface area contributed by atoms with E-state index in [-0.39, 0.29) is 6.04 Å². The Labute approximate surface area is 175 Å². The van der Waals surface area contributed by atoms with Gasteiger partial charge in [0.05, 0.1) is 19.3 Å². The van der Waals surface area contributed by atoms with Crippen molar-refractivity contribution >= 4 is 16.8 Å². The summed E-state index contributed by atoms with van der Waals surface area (Å²) in [7, 11) is 1.57. The first-order valence-corrected chi connectivity index (χ1v) is 10.1. The molecule has 3 heterocycles. The molecule has 1 saturated heterocycles. The van der Waals surface area contributed by atoms with Crippen LogP contribution in [0.15, 0.2) is 29.7 Å². The minimum atomic E-state index is 0.286. The number of fused-ring (bicyclic) bond motifs is 1. The number of pyridine rings is 1. The first kappa shape index (κ1) is 19.8. The van der Waals surface area contributed by atoms with Crippen molar-refractivity contribution in [3.8, 4) is 18.0 Å². The Balaban J connectivity index is 1.54. The monoisotopic (exact) mass is 403 g/mol. The number of nitrogens with two attached hydrogens (primary N) is 1. The second kappa shape index (κ2) is 7.72. The molecular formula is C22H25N7O. The summed E-state index contributed by atoms with van der Waals surface area (Å²) in [6.07, 6.45) is 11.5. The van der Waals surface area contributed by atoms with E-state index in [0.717, 1.165) is 55.6 Å². The normalized spacial score (nSPS) is 19.4. The van der Waals surface area contributed by atoms with Gasteiger partial charge in [0, 0.05) is 42.3 Å². The molecule has 8 heteroatoms. The summed E-state index contributed by atoms with van der Waals surface area (Å²) in [5.41, 5.74) is 9.96. The van der Waals surface area contributed by atoms with Crippen molar-refractivity contribution in [3.63, 3.8) is 0 Å². The van der Waals surface area contributed by atoms with Crippen LogP contribution in [0.3, 0.4) is 0 Å². The van der Waals surface area contributed by atoms with E-state index < -0.39 is 0 Å². The van der Waals surface area contributed by atoms with Crippen molar-refractivity contribution in [2.45, 2.75) is 38.6 Å². The molecule has 4 rings (SSSR count). The molecule has 0 atom stereocenters. The second-order valence-electron chi connectivity index (χ2n) is 8.20. The van der Waals surface area contributed by atoms with Crippen molar-refractivity contribution in [2.75, 3.05) is 20.2 Å². The largest absolute Gasteiger partial charge is 0.494 e. The van der Waals surface area contributed by atoms with Gasteiger partial charge in [-0.3, -0.25) is 4.99 Å². The molecule has 1 aliphatic carbocycles. The maximum Gasteiger partial charge on any atom is 0.179 e. The maximum atomic E-state index is 9.30. The predicted molar refractivity (Wildman–Crippen MR) is 114 cm³/mol. The average molecular weight is 403 g/mol. The lowest BCUT2D eigenvalue weighted by Crippen LogP contribution is -2.47. The number of piperidine rings is 1. The topological polar surface area (TPSA) is 116 Å². The number of hydrogen-bond donors (Lipinski definition) is 1. The number of aromatic nitrogens is 2. The third-order valence-corrected chi connectivity index (χ3v) is 6.46. The highest BCUT2D eigenvalue weighted by Crippen LogP contribution is 2.50. The van der Waals surface area contributed by atoms with Gasteiger partial charge in [-0.1, -0.05) is 0 Å². The van der Waals surface area contributed by atoms with Gasteiger partial charge in [-0.15, -0.1) is 0 Å². The minimum Gasteiger partial charge on any atom is -0.494 e. The van der Waals surface area contributed by atoms with E-state index in [1.165, 1.54) is 6.20 Å². The minimum absolute atomic E-state index is 0.286. The van der Waals surface area contributed by atoms with Gasteiger partial charge in [-0.25, -0.2) is 4.52 Å². The number of ether oxygens (including phenoxy) is 1. The number of methoxy groups -OCH3 is 1. The molecule has 0 aromatic carbocycles. The van der Waals surface area contributed by atoms with Crippen LogP contribution in [0, 0.1) is 28.2 Å². The van der Waals surface area contributed by atoms with Gasteiger partial charge in [0.15, 0.2) is 6.19 Å². The molecule has 0 unspecified atom stereocenters. The molecule has 8 nitrogen and oxygen atoms in total. The van der Waals surface area contributed by atoms with Crippen molar-refractivity contribution in [3.05, 3.63) is 35.8 Å². The number of allylic oxidation sites excluding steroid dienone is 1. The van der Waals surface area contributed by atoms with Crippen LogP contribution in [0.4, 0.5) is 0 Å². The van der Waals surface area contributed by atoms with Crippen LogP contribution < -0.4 is 10.5 Å². The number of nitriles is 2. The molecule has 2 aromatic rings. The van der Waals surface area contributed by atoms with E-state index in [9.17, 15) is 5.26 Å². The van der Waals surface area contributed by atoms with Crippen LogP contribution >= 0.6 is 0 Å². The van der Waals surface area contributed by atoms with Gasteiger partial charge in [-0.05, 0) is 44.1 Å². The molecule has 154 valence electrons. The summed E-state index contributed by atoms with van der Waals surface area (Å²) < 4.78 is 7.15. The quantitative estimate of drug-likeness (QED) is 0.620. The number of nitrogens with zero attached hydrogens (tertiary/aromatic N) is 6. The number of rotatable bonds is 4. The number of hydrogen-bond acceptors (Lipinski definition) is 7. The molecule has 1 spiro atoms. The van der Waals surface area contributed by atoms with Crippen LogP contribution in [0.2, 0.25) is 0 Å². The lowest BCUT2D eigenvalue weighted by Gasteiger charge is -2.50. The molecule has 1 aliphatic heterocycles. The zero-order chi connectivity index (χ0) is 21.3. The zero-order valence-electron chi connectivity index (χ0n) is 17.3. The molecule has 2 N–H and O–H groups in total. The van der Waals surface area contributed by atoms with Gasteiger partial charge in [-0.2, -0.15) is 15.6 Å². The maximum absolute atomic E-state index is 9.30. The third-order valence-electron chi connectivity index (χ3n) is 6.46. The zero-order valence-corrected chi connectivity index (χ0v) is 17.3. The van der Waals surface area contributed by atoms with E-state index >= 15 is 0 Å². The SMILES string of the molecule is COc1cc(/C(=C/N)C(C)=NC2CC3(CCN(C#N)CC3)C2)cn2ncc(C#N)c12. The second-order valence-corrected chi connectivity index (χ2v) is 8.20. The lowest BCUT2D eigenvalue weighted by atomic mass is 9.60. The van der Waals surface area contributed by atoms with Crippen molar-refractivity contribution in [1.29, 1.82) is 10.5 Å². The van der Waals surface area contributed by atoms with Gasteiger partial charge in [0.2, 0.25) is 0 Å². The Morgan fingerprint density at radius 3 is 2.70 bits per heavy atom.